The highest BCUT2D eigenvalue weighted by atomic mass is 35.5. The first-order valence-electron chi connectivity index (χ1n) is 10.5. The Hall–Kier alpha value is -3.97. The van der Waals surface area contributed by atoms with Crippen LogP contribution in [0.2, 0.25) is 5.02 Å². The SMILES string of the molecule is CN(CCc1ccccn1)C(=O)c1cc2[nH]c(=O)c3cnc(-c4ccccc4)n3c2cc1Cl. The Morgan fingerprint density at radius 3 is 2.61 bits per heavy atom. The molecule has 0 atom stereocenters. The zero-order chi connectivity index (χ0) is 22.9. The van der Waals surface area contributed by atoms with Crippen molar-refractivity contribution in [1.82, 2.24) is 24.3 Å². The molecule has 2 aromatic carbocycles. The molecule has 3 heterocycles. The molecule has 0 saturated carbocycles. The number of aromatic nitrogens is 4. The van der Waals surface area contributed by atoms with Gasteiger partial charge in [-0.3, -0.25) is 19.0 Å². The maximum absolute atomic E-state index is 13.1. The highest BCUT2D eigenvalue weighted by Crippen LogP contribution is 2.27. The van der Waals surface area contributed by atoms with Gasteiger partial charge in [-0.25, -0.2) is 4.98 Å². The summed E-state index contributed by atoms with van der Waals surface area (Å²) in [4.78, 5) is 39.1. The van der Waals surface area contributed by atoms with E-state index in [0.717, 1.165) is 11.3 Å². The number of likely N-dealkylation sites (N-methyl/N-ethyl adjacent to an activating group) is 1. The van der Waals surface area contributed by atoms with Crippen LogP contribution >= 0.6 is 11.6 Å². The molecule has 0 bridgehead atoms. The number of amides is 1. The third kappa shape index (κ3) is 3.87. The lowest BCUT2D eigenvalue weighted by atomic mass is 10.1. The first-order valence-corrected chi connectivity index (χ1v) is 10.8. The monoisotopic (exact) mass is 457 g/mol. The fraction of sp³-hybridized carbons (Fsp3) is 0.120. The number of pyridine rings is 1. The summed E-state index contributed by atoms with van der Waals surface area (Å²) in [6.07, 6.45) is 3.90. The molecule has 1 amide bonds. The van der Waals surface area contributed by atoms with E-state index in [-0.39, 0.29) is 11.5 Å². The third-order valence-corrected chi connectivity index (χ3v) is 5.92. The average Bonchev–Trinajstić information content (AvgIpc) is 3.30. The second-order valence-electron chi connectivity index (χ2n) is 7.77. The minimum absolute atomic E-state index is 0.229. The lowest BCUT2D eigenvalue weighted by molar-refractivity contribution is 0.0796. The lowest BCUT2D eigenvalue weighted by Gasteiger charge is -2.18. The fourth-order valence-electron chi connectivity index (χ4n) is 3.88. The van der Waals surface area contributed by atoms with Crippen LogP contribution in [0.15, 0.2) is 77.9 Å². The summed E-state index contributed by atoms with van der Waals surface area (Å²) in [6, 6.07) is 18.6. The second-order valence-corrected chi connectivity index (χ2v) is 8.18. The van der Waals surface area contributed by atoms with Gasteiger partial charge in [-0.05, 0) is 24.3 Å². The average molecular weight is 458 g/mol. The molecule has 5 rings (SSSR count). The van der Waals surface area contributed by atoms with E-state index in [1.165, 1.54) is 0 Å². The van der Waals surface area contributed by atoms with Gasteiger partial charge in [0.15, 0.2) is 0 Å². The highest BCUT2D eigenvalue weighted by Gasteiger charge is 2.19. The number of aromatic amines is 1. The standard InChI is InChI=1S/C25H20ClN5O2/c1-30(12-10-17-9-5-6-11-27-17)25(33)18-13-20-21(14-19(18)26)31-22(24(32)29-20)15-28-23(31)16-7-3-2-4-8-16/h2-9,11,13-15H,10,12H2,1H3,(H,29,32). The van der Waals surface area contributed by atoms with E-state index < -0.39 is 0 Å². The van der Waals surface area contributed by atoms with E-state index in [0.29, 0.717) is 45.9 Å². The van der Waals surface area contributed by atoms with Gasteiger partial charge in [0.1, 0.15) is 11.3 Å². The van der Waals surface area contributed by atoms with Crippen molar-refractivity contribution in [3.63, 3.8) is 0 Å². The third-order valence-electron chi connectivity index (χ3n) is 5.61. The van der Waals surface area contributed by atoms with E-state index in [2.05, 4.69) is 15.0 Å². The van der Waals surface area contributed by atoms with Crippen molar-refractivity contribution >= 4 is 34.1 Å². The number of carbonyl (C=O) groups excluding carboxylic acids is 1. The first-order chi connectivity index (χ1) is 16.0. The molecule has 0 unspecified atom stereocenters. The van der Waals surface area contributed by atoms with Crippen molar-refractivity contribution in [2.75, 3.05) is 13.6 Å². The van der Waals surface area contributed by atoms with Gasteiger partial charge in [-0.15, -0.1) is 0 Å². The molecule has 164 valence electrons. The van der Waals surface area contributed by atoms with Crippen LogP contribution in [0.25, 0.3) is 27.9 Å². The molecule has 1 N–H and O–H groups in total. The molecule has 0 aliphatic rings. The van der Waals surface area contributed by atoms with Crippen molar-refractivity contribution in [3.05, 3.63) is 99.7 Å². The molecule has 8 heteroatoms. The molecule has 3 aromatic heterocycles. The van der Waals surface area contributed by atoms with Gasteiger partial charge in [0.05, 0.1) is 27.8 Å². The lowest BCUT2D eigenvalue weighted by Crippen LogP contribution is -2.29. The summed E-state index contributed by atoms with van der Waals surface area (Å²) in [7, 11) is 1.72. The van der Waals surface area contributed by atoms with E-state index in [4.69, 9.17) is 11.6 Å². The molecule has 0 aliphatic heterocycles. The van der Waals surface area contributed by atoms with Crippen LogP contribution in [-0.4, -0.2) is 43.8 Å². The molecular weight excluding hydrogens is 438 g/mol. The van der Waals surface area contributed by atoms with Gasteiger partial charge in [0, 0.05) is 37.5 Å². The summed E-state index contributed by atoms with van der Waals surface area (Å²) in [6.45, 7) is 0.486. The Morgan fingerprint density at radius 1 is 1.06 bits per heavy atom. The number of H-pyrrole nitrogens is 1. The summed E-state index contributed by atoms with van der Waals surface area (Å²) >= 11 is 6.58. The molecule has 0 fully saturated rings. The van der Waals surface area contributed by atoms with Gasteiger partial charge in [0.2, 0.25) is 0 Å². The Kier molecular flexibility index (Phi) is 5.40. The second kappa shape index (κ2) is 8.52. The molecule has 33 heavy (non-hydrogen) atoms. The fourth-order valence-corrected chi connectivity index (χ4v) is 4.12. The quantitative estimate of drug-likeness (QED) is 0.428. The van der Waals surface area contributed by atoms with Crippen LogP contribution < -0.4 is 5.56 Å². The first kappa shape index (κ1) is 20.9. The molecule has 5 aromatic rings. The van der Waals surface area contributed by atoms with Crippen molar-refractivity contribution in [3.8, 4) is 11.4 Å². The summed E-state index contributed by atoms with van der Waals surface area (Å²) in [5.41, 5.74) is 3.39. The van der Waals surface area contributed by atoms with Gasteiger partial charge in [0.25, 0.3) is 11.5 Å². The predicted molar refractivity (Wildman–Crippen MR) is 129 cm³/mol. The van der Waals surface area contributed by atoms with E-state index in [1.54, 1.807) is 40.9 Å². The topological polar surface area (TPSA) is 83.4 Å². The van der Waals surface area contributed by atoms with Crippen LogP contribution in [0.5, 0.6) is 0 Å². The number of fused-ring (bicyclic) bond motifs is 3. The molecule has 0 radical (unpaired) electrons. The number of nitrogens with zero attached hydrogens (tertiary/aromatic N) is 4. The predicted octanol–water partition coefficient (Wildman–Crippen LogP) is 4.21. The van der Waals surface area contributed by atoms with Gasteiger partial charge in [-0.1, -0.05) is 48.0 Å². The van der Waals surface area contributed by atoms with E-state index in [1.807, 2.05) is 48.5 Å². The van der Waals surface area contributed by atoms with Gasteiger partial charge < -0.3 is 9.88 Å². The van der Waals surface area contributed by atoms with Crippen molar-refractivity contribution in [2.45, 2.75) is 6.42 Å². The minimum Gasteiger partial charge on any atom is -0.341 e. The van der Waals surface area contributed by atoms with Crippen LogP contribution in [0.4, 0.5) is 0 Å². The summed E-state index contributed by atoms with van der Waals surface area (Å²) in [5, 5.41) is 0.304. The van der Waals surface area contributed by atoms with Crippen molar-refractivity contribution in [1.29, 1.82) is 0 Å². The van der Waals surface area contributed by atoms with Gasteiger partial charge >= 0.3 is 0 Å². The summed E-state index contributed by atoms with van der Waals surface area (Å²) < 4.78 is 1.77. The zero-order valence-electron chi connectivity index (χ0n) is 17.8. The van der Waals surface area contributed by atoms with Crippen LogP contribution in [-0.2, 0) is 6.42 Å². The number of hydrogen-bond acceptors (Lipinski definition) is 4. The van der Waals surface area contributed by atoms with Crippen molar-refractivity contribution in [2.24, 2.45) is 0 Å². The summed E-state index contributed by atoms with van der Waals surface area (Å²) in [5.74, 6) is 0.400. The zero-order valence-corrected chi connectivity index (χ0v) is 18.6. The molecule has 0 spiro atoms. The van der Waals surface area contributed by atoms with E-state index >= 15 is 0 Å². The Labute approximate surface area is 194 Å². The number of imidazole rings is 1. The maximum atomic E-state index is 13.1. The smallest absolute Gasteiger partial charge is 0.274 e. The normalized spacial score (nSPS) is 11.2. The number of nitrogens with one attached hydrogen (secondary N) is 1. The molecule has 0 saturated heterocycles. The maximum Gasteiger partial charge on any atom is 0.274 e. The number of hydrogen-bond donors (Lipinski definition) is 1. The molecular formula is C25H20ClN5O2. The number of carbonyl (C=O) groups is 1. The largest absolute Gasteiger partial charge is 0.341 e. The number of benzene rings is 2. The number of halogens is 1. The van der Waals surface area contributed by atoms with Crippen molar-refractivity contribution < 1.29 is 4.79 Å². The molecule has 7 nitrogen and oxygen atoms in total. The highest BCUT2D eigenvalue weighted by molar-refractivity contribution is 6.34. The van der Waals surface area contributed by atoms with Crippen LogP contribution in [0.1, 0.15) is 16.1 Å². The number of rotatable bonds is 5. The molecule has 0 aliphatic carbocycles. The minimum atomic E-state index is -0.290. The Balaban J connectivity index is 1.55. The van der Waals surface area contributed by atoms with Gasteiger partial charge in [-0.2, -0.15) is 0 Å². The Bertz CT molecular complexity index is 1530. The van der Waals surface area contributed by atoms with Crippen LogP contribution in [0, 0.1) is 0 Å². The Morgan fingerprint density at radius 2 is 1.85 bits per heavy atom. The van der Waals surface area contributed by atoms with E-state index in [9.17, 15) is 9.59 Å². The van der Waals surface area contributed by atoms with Crippen LogP contribution in [0.3, 0.4) is 0 Å².